The molecule has 0 aromatic carbocycles. The molecule has 34 heavy (non-hydrogen) atoms. The van der Waals surface area contributed by atoms with E-state index in [-0.39, 0.29) is 30.5 Å². The third-order valence-electron chi connectivity index (χ3n) is 7.98. The van der Waals surface area contributed by atoms with Gasteiger partial charge < -0.3 is 14.6 Å². The van der Waals surface area contributed by atoms with Crippen LogP contribution in [0.1, 0.15) is 72.6 Å². The molecule has 3 aliphatic rings. The van der Waals surface area contributed by atoms with Crippen molar-refractivity contribution in [1.29, 1.82) is 0 Å². The van der Waals surface area contributed by atoms with Gasteiger partial charge in [0, 0.05) is 13.7 Å². The average Bonchev–Trinajstić information content (AvgIpc) is 3.71. The van der Waals surface area contributed by atoms with Crippen LogP contribution in [-0.2, 0) is 19.5 Å². The second kappa shape index (κ2) is 13.3. The quantitative estimate of drug-likeness (QED) is 0.158. The molecule has 3 aliphatic carbocycles. The largest absolute Gasteiger partial charge is 0.396 e. The molecule has 6 nitrogen and oxygen atoms in total. The molecule has 3 fully saturated rings. The number of hydrogen-bond acceptors (Lipinski definition) is 5. The Bertz CT molecular complexity index is 755. The molecule has 0 saturated heterocycles. The maximum absolute atomic E-state index is 13.7. The van der Waals surface area contributed by atoms with Crippen LogP contribution in [0.5, 0.6) is 0 Å². The SMILES string of the molecule is CC/C(=C\C(C)[C@H](C)[C@@H](C)S(=O)(=O)N(PC1CC1)PC1CC1)[C@H](OCCOC)[C@@H]1CC[C@H]1CO. The van der Waals surface area contributed by atoms with Gasteiger partial charge in [0.15, 0.2) is 0 Å². The van der Waals surface area contributed by atoms with Crippen molar-refractivity contribution in [2.75, 3.05) is 26.9 Å². The van der Waals surface area contributed by atoms with Gasteiger partial charge in [0.25, 0.3) is 0 Å². The first kappa shape index (κ1) is 29.0. The summed E-state index contributed by atoms with van der Waals surface area (Å²) in [4.78, 5) is 0. The van der Waals surface area contributed by atoms with E-state index >= 15 is 0 Å². The van der Waals surface area contributed by atoms with Crippen LogP contribution in [0.4, 0.5) is 0 Å². The zero-order valence-electron chi connectivity index (χ0n) is 21.7. The molecule has 0 aromatic rings. The van der Waals surface area contributed by atoms with Crippen LogP contribution in [0.25, 0.3) is 0 Å². The minimum absolute atomic E-state index is 0.0108. The number of ether oxygens (including phenoxy) is 2. The number of aliphatic hydroxyl groups is 1. The summed E-state index contributed by atoms with van der Waals surface area (Å²) < 4.78 is 40.7. The van der Waals surface area contributed by atoms with Gasteiger partial charge in [-0.05, 0) is 110 Å². The predicted molar refractivity (Wildman–Crippen MR) is 145 cm³/mol. The van der Waals surface area contributed by atoms with Crippen LogP contribution < -0.4 is 0 Å². The Morgan fingerprint density at radius 2 is 1.68 bits per heavy atom. The highest BCUT2D eigenvalue weighted by Gasteiger charge is 2.41. The smallest absolute Gasteiger partial charge is 0.223 e. The van der Waals surface area contributed by atoms with E-state index in [2.05, 4.69) is 26.8 Å². The standard InChI is InChI=1S/C25H47NO5P2S/c1-6-20(25(31-14-13-30-5)24-12-7-21(24)16-27)15-17(2)18(3)19(4)34(28,29)26(32-22-8-9-22)33-23-10-11-23/h15,17-19,21-25,27,32-33H,6-14,16H2,1-5H3/b20-15+/t17?,18-,19+,21-,24+,25-/m0/s1. The van der Waals surface area contributed by atoms with Gasteiger partial charge in [0.2, 0.25) is 10.0 Å². The van der Waals surface area contributed by atoms with Crippen molar-refractivity contribution in [2.45, 2.75) is 95.3 Å². The molecular formula is C25H47NO5P2S. The second-order valence-electron chi connectivity index (χ2n) is 10.6. The number of aliphatic hydroxyl groups excluding tert-OH is 1. The Balaban J connectivity index is 1.72. The number of rotatable bonds is 17. The summed E-state index contributed by atoms with van der Waals surface area (Å²) in [6, 6.07) is 0. The number of allylic oxidation sites excluding steroid dienone is 1. The Hall–Kier alpha value is 0.390. The molecule has 0 aromatic heterocycles. The molecule has 3 unspecified atom stereocenters. The topological polar surface area (TPSA) is 76.1 Å². The number of methoxy groups -OCH3 is 1. The van der Waals surface area contributed by atoms with E-state index in [4.69, 9.17) is 9.47 Å². The number of nitrogens with zero attached hydrogens (tertiary/aromatic N) is 1. The fraction of sp³-hybridized carbons (Fsp3) is 0.920. The number of hydrogen-bond donors (Lipinski definition) is 1. The minimum Gasteiger partial charge on any atom is -0.396 e. The first-order valence-electron chi connectivity index (χ1n) is 13.2. The van der Waals surface area contributed by atoms with E-state index < -0.39 is 15.3 Å². The van der Waals surface area contributed by atoms with Crippen LogP contribution in [0, 0.1) is 23.7 Å². The van der Waals surface area contributed by atoms with Crippen LogP contribution in [0.3, 0.4) is 0 Å². The summed E-state index contributed by atoms with van der Waals surface area (Å²) >= 11 is 0. The van der Waals surface area contributed by atoms with Gasteiger partial charge in [-0.25, -0.2) is 8.42 Å². The summed E-state index contributed by atoms with van der Waals surface area (Å²) in [5.74, 6) is 0.745. The number of sulfonamides is 1. The maximum atomic E-state index is 13.7. The molecule has 3 saturated carbocycles. The highest BCUT2D eigenvalue weighted by Crippen LogP contribution is 2.54. The zero-order valence-corrected chi connectivity index (χ0v) is 24.5. The molecule has 8 atom stereocenters. The molecular weight excluding hydrogens is 488 g/mol. The lowest BCUT2D eigenvalue weighted by atomic mass is 9.68. The van der Waals surface area contributed by atoms with Crippen molar-refractivity contribution in [3.05, 3.63) is 11.6 Å². The van der Waals surface area contributed by atoms with Crippen LogP contribution in [-0.4, -0.2) is 67.0 Å². The van der Waals surface area contributed by atoms with Crippen molar-refractivity contribution < 1.29 is 23.0 Å². The summed E-state index contributed by atoms with van der Waals surface area (Å²) in [7, 11) is -0.765. The normalized spacial score (nSPS) is 28.0. The van der Waals surface area contributed by atoms with Crippen molar-refractivity contribution in [2.24, 2.45) is 23.7 Å². The lowest BCUT2D eigenvalue weighted by molar-refractivity contribution is -0.0519. The molecule has 0 spiro atoms. The van der Waals surface area contributed by atoms with Crippen LogP contribution >= 0.6 is 17.5 Å². The lowest BCUT2D eigenvalue weighted by Crippen LogP contribution is -2.41. The first-order chi connectivity index (χ1) is 16.2. The lowest BCUT2D eigenvalue weighted by Gasteiger charge is -2.42. The van der Waals surface area contributed by atoms with Crippen LogP contribution in [0.15, 0.2) is 11.6 Å². The third kappa shape index (κ3) is 7.70. The first-order valence-corrected chi connectivity index (χ1v) is 16.8. The molecule has 0 bridgehead atoms. The Labute approximate surface area is 211 Å². The van der Waals surface area contributed by atoms with E-state index in [9.17, 15) is 13.5 Å². The summed E-state index contributed by atoms with van der Waals surface area (Å²) in [5, 5.41) is 9.37. The van der Waals surface area contributed by atoms with Gasteiger partial charge in [-0.2, -0.15) is 3.85 Å². The zero-order chi connectivity index (χ0) is 24.9. The fourth-order valence-electron chi connectivity index (χ4n) is 4.69. The van der Waals surface area contributed by atoms with Gasteiger partial charge in [-0.1, -0.05) is 26.8 Å². The van der Waals surface area contributed by atoms with Crippen molar-refractivity contribution in [3.63, 3.8) is 0 Å². The molecule has 3 rings (SSSR count). The molecule has 0 amide bonds. The summed E-state index contributed by atoms with van der Waals surface area (Å²) in [6.07, 6.45) is 9.95. The molecule has 0 aliphatic heterocycles. The Morgan fingerprint density at radius 1 is 1.06 bits per heavy atom. The van der Waals surface area contributed by atoms with Crippen molar-refractivity contribution in [1.82, 2.24) is 3.85 Å². The molecule has 9 heteroatoms. The fourth-order valence-corrected chi connectivity index (χ4v) is 11.8. The molecule has 198 valence electrons. The third-order valence-corrected chi connectivity index (χ3v) is 15.1. The minimum atomic E-state index is -3.31. The van der Waals surface area contributed by atoms with E-state index in [1.807, 2.05) is 10.8 Å². The molecule has 0 radical (unpaired) electrons. The Morgan fingerprint density at radius 3 is 2.12 bits per heavy atom. The Kier molecular flexibility index (Phi) is 11.3. The van der Waals surface area contributed by atoms with Gasteiger partial charge in [-0.3, -0.25) is 0 Å². The van der Waals surface area contributed by atoms with Gasteiger partial charge in [-0.15, -0.1) is 0 Å². The van der Waals surface area contributed by atoms with E-state index in [0.717, 1.165) is 19.3 Å². The van der Waals surface area contributed by atoms with E-state index in [1.54, 1.807) is 7.11 Å². The maximum Gasteiger partial charge on any atom is 0.223 e. The highest BCUT2D eigenvalue weighted by molar-refractivity contribution is 7.98. The van der Waals surface area contributed by atoms with E-state index in [1.165, 1.54) is 31.3 Å². The van der Waals surface area contributed by atoms with Crippen LogP contribution in [0.2, 0.25) is 0 Å². The van der Waals surface area contributed by atoms with Crippen molar-refractivity contribution in [3.8, 4) is 0 Å². The molecule has 0 heterocycles. The van der Waals surface area contributed by atoms with Gasteiger partial charge in [0.1, 0.15) is 0 Å². The predicted octanol–water partition coefficient (Wildman–Crippen LogP) is 5.18. The highest BCUT2D eigenvalue weighted by atomic mass is 32.2. The molecule has 1 N–H and O–H groups in total. The summed E-state index contributed by atoms with van der Waals surface area (Å²) in [6.45, 7) is 9.59. The van der Waals surface area contributed by atoms with Crippen molar-refractivity contribution >= 4 is 27.5 Å². The van der Waals surface area contributed by atoms with Gasteiger partial charge >= 0.3 is 0 Å². The van der Waals surface area contributed by atoms with Gasteiger partial charge in [0.05, 0.1) is 24.6 Å². The summed E-state index contributed by atoms with van der Waals surface area (Å²) in [5.41, 5.74) is 2.43. The monoisotopic (exact) mass is 535 g/mol. The van der Waals surface area contributed by atoms with E-state index in [0.29, 0.717) is 47.9 Å². The average molecular weight is 536 g/mol. The second-order valence-corrected chi connectivity index (χ2v) is 16.9.